The first-order valence-corrected chi connectivity index (χ1v) is 8.53. The van der Waals surface area contributed by atoms with Gasteiger partial charge in [-0.25, -0.2) is 0 Å². The third-order valence-corrected chi connectivity index (χ3v) is 4.49. The lowest BCUT2D eigenvalue weighted by Gasteiger charge is -2.21. The highest BCUT2D eigenvalue weighted by Gasteiger charge is 2.25. The number of fused-ring (bicyclic) bond motifs is 1. The molecule has 26 heavy (non-hydrogen) atoms. The first-order valence-electron chi connectivity index (χ1n) is 8.16. The lowest BCUT2D eigenvalue weighted by atomic mass is 10.2. The third-order valence-electron chi connectivity index (χ3n) is 4.09. The average molecular weight is 375 g/mol. The zero-order chi connectivity index (χ0) is 18.7. The summed E-state index contributed by atoms with van der Waals surface area (Å²) in [6.45, 7) is 2.01. The van der Waals surface area contributed by atoms with Crippen molar-refractivity contribution in [1.29, 1.82) is 0 Å². The van der Waals surface area contributed by atoms with Gasteiger partial charge in [-0.1, -0.05) is 23.7 Å². The molecule has 0 spiro atoms. The van der Waals surface area contributed by atoms with E-state index in [1.807, 2.05) is 13.0 Å². The van der Waals surface area contributed by atoms with Gasteiger partial charge in [-0.3, -0.25) is 14.5 Å². The fourth-order valence-corrected chi connectivity index (χ4v) is 2.91. The number of rotatable bonds is 4. The molecule has 0 aliphatic carbocycles. The van der Waals surface area contributed by atoms with Crippen LogP contribution in [0.5, 0.6) is 11.5 Å². The summed E-state index contributed by atoms with van der Waals surface area (Å²) in [7, 11) is 1.50. The Labute approximate surface area is 156 Å². The number of hydrogen-bond acceptors (Lipinski definition) is 4. The van der Waals surface area contributed by atoms with Crippen LogP contribution in [0.2, 0.25) is 5.02 Å². The van der Waals surface area contributed by atoms with E-state index in [0.29, 0.717) is 27.9 Å². The standard InChI is InChI=1S/C19H19ClN2O4/c1-12-9-14(17(25-2)10-13(12)20)21-18(23)11-22-15-5-3-4-6-16(15)26-8-7-19(22)24/h3-6,9-10H,7-8,11H2,1-2H3,(H,21,23). The van der Waals surface area contributed by atoms with Crippen LogP contribution >= 0.6 is 11.6 Å². The van der Waals surface area contributed by atoms with Crippen LogP contribution in [0.3, 0.4) is 0 Å². The summed E-state index contributed by atoms with van der Waals surface area (Å²) in [4.78, 5) is 26.4. The Bertz CT molecular complexity index is 853. The van der Waals surface area contributed by atoms with Crippen LogP contribution in [-0.4, -0.2) is 32.1 Å². The number of nitrogens with one attached hydrogen (secondary N) is 1. The molecule has 0 radical (unpaired) electrons. The maximum atomic E-state index is 12.6. The fourth-order valence-electron chi connectivity index (χ4n) is 2.76. The van der Waals surface area contributed by atoms with E-state index in [4.69, 9.17) is 21.1 Å². The minimum Gasteiger partial charge on any atom is -0.495 e. The van der Waals surface area contributed by atoms with Gasteiger partial charge in [0.15, 0.2) is 0 Å². The number of carbonyl (C=O) groups excluding carboxylic acids is 2. The molecule has 0 saturated carbocycles. The monoisotopic (exact) mass is 374 g/mol. The molecule has 0 atom stereocenters. The second kappa shape index (κ2) is 7.66. The van der Waals surface area contributed by atoms with Crippen molar-refractivity contribution in [1.82, 2.24) is 0 Å². The summed E-state index contributed by atoms with van der Waals surface area (Å²) < 4.78 is 10.9. The fraction of sp³-hybridized carbons (Fsp3) is 0.263. The number of methoxy groups -OCH3 is 1. The molecule has 0 bridgehead atoms. The zero-order valence-corrected chi connectivity index (χ0v) is 15.3. The Morgan fingerprint density at radius 3 is 2.88 bits per heavy atom. The summed E-state index contributed by atoms with van der Waals surface area (Å²) in [6, 6.07) is 10.6. The van der Waals surface area contributed by atoms with Gasteiger partial charge in [-0.2, -0.15) is 0 Å². The number of halogens is 1. The van der Waals surface area contributed by atoms with Crippen molar-refractivity contribution in [3.8, 4) is 11.5 Å². The maximum absolute atomic E-state index is 12.6. The summed E-state index contributed by atoms with van der Waals surface area (Å²) in [6.07, 6.45) is 0.214. The van der Waals surface area contributed by atoms with Gasteiger partial charge >= 0.3 is 0 Å². The van der Waals surface area contributed by atoms with Gasteiger partial charge in [0.25, 0.3) is 0 Å². The van der Waals surface area contributed by atoms with E-state index in [9.17, 15) is 9.59 Å². The Kier molecular flexibility index (Phi) is 5.32. The number of carbonyl (C=O) groups is 2. The number of anilines is 2. The van der Waals surface area contributed by atoms with Crippen LogP contribution in [0.1, 0.15) is 12.0 Å². The lowest BCUT2D eigenvalue weighted by Crippen LogP contribution is -2.37. The van der Waals surface area contributed by atoms with Crippen molar-refractivity contribution >= 4 is 34.8 Å². The number of hydrogen-bond donors (Lipinski definition) is 1. The van der Waals surface area contributed by atoms with Crippen molar-refractivity contribution in [2.45, 2.75) is 13.3 Å². The molecule has 2 aromatic rings. The van der Waals surface area contributed by atoms with Crippen LogP contribution in [0.25, 0.3) is 0 Å². The highest BCUT2D eigenvalue weighted by molar-refractivity contribution is 6.31. The van der Waals surface area contributed by atoms with E-state index in [1.165, 1.54) is 12.0 Å². The van der Waals surface area contributed by atoms with Crippen molar-refractivity contribution in [2.75, 3.05) is 30.5 Å². The summed E-state index contributed by atoms with van der Waals surface area (Å²) in [5.74, 6) is 0.547. The Morgan fingerprint density at radius 2 is 2.12 bits per heavy atom. The van der Waals surface area contributed by atoms with Gasteiger partial charge in [0, 0.05) is 11.1 Å². The van der Waals surface area contributed by atoms with E-state index in [-0.39, 0.29) is 31.4 Å². The van der Waals surface area contributed by atoms with Crippen molar-refractivity contribution in [2.24, 2.45) is 0 Å². The molecule has 7 heteroatoms. The SMILES string of the molecule is COc1cc(Cl)c(C)cc1NC(=O)CN1C(=O)CCOc2ccccc21. The molecule has 1 aliphatic heterocycles. The second-order valence-electron chi connectivity index (χ2n) is 5.90. The molecule has 0 fully saturated rings. The van der Waals surface area contributed by atoms with E-state index < -0.39 is 0 Å². The van der Waals surface area contributed by atoms with Crippen LogP contribution in [0, 0.1) is 6.92 Å². The van der Waals surface area contributed by atoms with Gasteiger partial charge in [0.05, 0.1) is 31.5 Å². The minimum atomic E-state index is -0.338. The van der Waals surface area contributed by atoms with E-state index in [1.54, 1.807) is 30.3 Å². The molecule has 136 valence electrons. The molecule has 0 aromatic heterocycles. The second-order valence-corrected chi connectivity index (χ2v) is 6.30. The maximum Gasteiger partial charge on any atom is 0.244 e. The summed E-state index contributed by atoms with van der Waals surface area (Å²) in [5.41, 5.74) is 1.91. The molecule has 1 heterocycles. The van der Waals surface area contributed by atoms with Gasteiger partial charge in [0.1, 0.15) is 18.0 Å². The number of benzene rings is 2. The highest BCUT2D eigenvalue weighted by atomic mass is 35.5. The molecule has 0 saturated heterocycles. The van der Waals surface area contributed by atoms with Crippen molar-refractivity contribution in [3.05, 3.63) is 47.0 Å². The third kappa shape index (κ3) is 3.75. The predicted molar refractivity (Wildman–Crippen MR) is 100 cm³/mol. The average Bonchev–Trinajstić information content (AvgIpc) is 2.77. The molecule has 0 unspecified atom stereocenters. The molecule has 2 amide bonds. The lowest BCUT2D eigenvalue weighted by molar-refractivity contribution is -0.121. The number of para-hydroxylation sites is 2. The van der Waals surface area contributed by atoms with Crippen LogP contribution < -0.4 is 19.7 Å². The molecule has 1 aliphatic rings. The first kappa shape index (κ1) is 18.1. The predicted octanol–water partition coefficient (Wildman–Crippen LogP) is 3.41. The Hall–Kier alpha value is -2.73. The first-order chi connectivity index (χ1) is 12.5. The zero-order valence-electron chi connectivity index (χ0n) is 14.5. The van der Waals surface area contributed by atoms with E-state index in [2.05, 4.69) is 5.32 Å². The van der Waals surface area contributed by atoms with E-state index >= 15 is 0 Å². The summed E-state index contributed by atoms with van der Waals surface area (Å²) in [5, 5.41) is 3.34. The molecular formula is C19H19ClN2O4. The Morgan fingerprint density at radius 1 is 1.35 bits per heavy atom. The number of nitrogens with zero attached hydrogens (tertiary/aromatic N) is 1. The van der Waals surface area contributed by atoms with Gasteiger partial charge in [-0.15, -0.1) is 0 Å². The van der Waals surface area contributed by atoms with Crippen LogP contribution in [-0.2, 0) is 9.59 Å². The Balaban J connectivity index is 1.82. The smallest absolute Gasteiger partial charge is 0.244 e. The van der Waals surface area contributed by atoms with Gasteiger partial charge in [-0.05, 0) is 30.7 Å². The number of aryl methyl sites for hydroxylation is 1. The molecule has 1 N–H and O–H groups in total. The van der Waals surface area contributed by atoms with Gasteiger partial charge in [0.2, 0.25) is 11.8 Å². The highest BCUT2D eigenvalue weighted by Crippen LogP contribution is 2.32. The largest absolute Gasteiger partial charge is 0.495 e. The quantitative estimate of drug-likeness (QED) is 0.890. The number of ether oxygens (including phenoxy) is 2. The summed E-state index contributed by atoms with van der Waals surface area (Å²) >= 11 is 6.09. The van der Waals surface area contributed by atoms with Crippen molar-refractivity contribution in [3.63, 3.8) is 0 Å². The van der Waals surface area contributed by atoms with Crippen molar-refractivity contribution < 1.29 is 19.1 Å². The van der Waals surface area contributed by atoms with Crippen LogP contribution in [0.4, 0.5) is 11.4 Å². The minimum absolute atomic E-state index is 0.121. The topological polar surface area (TPSA) is 67.9 Å². The van der Waals surface area contributed by atoms with Gasteiger partial charge < -0.3 is 14.8 Å². The molecule has 2 aromatic carbocycles. The number of amides is 2. The van der Waals surface area contributed by atoms with E-state index in [0.717, 1.165) is 5.56 Å². The normalized spacial score (nSPS) is 13.5. The molecule has 3 rings (SSSR count). The van der Waals surface area contributed by atoms with Crippen LogP contribution in [0.15, 0.2) is 36.4 Å². The molecule has 6 nitrogen and oxygen atoms in total. The molecular weight excluding hydrogens is 356 g/mol.